The van der Waals surface area contributed by atoms with Gasteiger partial charge in [0.05, 0.1) is 37.4 Å². The molecule has 242 valence electrons. The summed E-state index contributed by atoms with van der Waals surface area (Å²) in [5, 5.41) is 10.3. The monoisotopic (exact) mass is 702 g/mol. The Morgan fingerprint density at radius 3 is 2.52 bits per heavy atom. The molecular weight excluding hydrogens is 671 g/mol. The predicted molar refractivity (Wildman–Crippen MR) is 185 cm³/mol. The number of carbonyl (C=O) groups is 2. The van der Waals surface area contributed by atoms with Crippen LogP contribution in [-0.4, -0.2) is 90.8 Å². The minimum Gasteiger partial charge on any atom is -0.493 e. The van der Waals surface area contributed by atoms with E-state index < -0.39 is 5.97 Å². The van der Waals surface area contributed by atoms with Gasteiger partial charge in [0.2, 0.25) is 0 Å². The second kappa shape index (κ2) is 16.0. The number of halogens is 2. The number of thioether (sulfide) groups is 1. The van der Waals surface area contributed by atoms with Crippen LogP contribution in [0, 0.1) is 0 Å². The van der Waals surface area contributed by atoms with Gasteiger partial charge in [0.1, 0.15) is 16.7 Å². The Labute approximate surface area is 286 Å². The summed E-state index contributed by atoms with van der Waals surface area (Å²) in [6, 6.07) is 15.4. The van der Waals surface area contributed by atoms with E-state index in [1.165, 1.54) is 31.0 Å². The van der Waals surface area contributed by atoms with E-state index in [9.17, 15) is 14.7 Å². The molecule has 46 heavy (non-hydrogen) atoms. The summed E-state index contributed by atoms with van der Waals surface area (Å²) in [5.41, 5.74) is 2.42. The van der Waals surface area contributed by atoms with Gasteiger partial charge < -0.3 is 24.1 Å². The second-order valence-corrected chi connectivity index (χ2v) is 12.9. The molecule has 2 aliphatic heterocycles. The summed E-state index contributed by atoms with van der Waals surface area (Å²) < 4.78 is 23.2. The molecule has 2 aliphatic rings. The fourth-order valence-corrected chi connectivity index (χ4v) is 6.65. The lowest BCUT2D eigenvalue weighted by atomic mass is 10.0. The minimum absolute atomic E-state index is 0.0976. The molecule has 0 radical (unpaired) electrons. The highest BCUT2D eigenvalue weighted by Crippen LogP contribution is 2.38. The standard InChI is InChI=1S/C33H32Cl2N2O7S2/c1-41-29-18-22(32(39)40)4-8-28(29)43-13-2-9-37-31(38)30(46-33(37)45)19-23-17-21(25-20-24(34)5-6-26(25)35)3-7-27(23)44-16-12-36-10-14-42-15-11-36/h3-8,17-20H,2,9-16H2,1H3,(H,39,40). The van der Waals surface area contributed by atoms with E-state index in [1.807, 2.05) is 18.2 Å². The number of ether oxygens (including phenoxy) is 4. The van der Waals surface area contributed by atoms with Crippen LogP contribution in [0.25, 0.3) is 17.2 Å². The molecule has 13 heteroatoms. The van der Waals surface area contributed by atoms with Crippen molar-refractivity contribution in [3.63, 3.8) is 0 Å². The highest BCUT2D eigenvalue weighted by molar-refractivity contribution is 8.26. The summed E-state index contributed by atoms with van der Waals surface area (Å²) >= 11 is 19.6. The SMILES string of the molecule is COc1cc(C(=O)O)ccc1OCCCN1C(=O)C(=Cc2cc(-c3cc(Cl)ccc3Cl)ccc2OCCN2CCOCC2)SC1=S. The van der Waals surface area contributed by atoms with Gasteiger partial charge in [-0.2, -0.15) is 0 Å². The van der Waals surface area contributed by atoms with Gasteiger partial charge in [-0.15, -0.1) is 0 Å². The van der Waals surface area contributed by atoms with E-state index in [0.29, 0.717) is 69.3 Å². The van der Waals surface area contributed by atoms with Crippen LogP contribution in [-0.2, 0) is 9.53 Å². The van der Waals surface area contributed by atoms with Crippen LogP contribution >= 0.6 is 47.2 Å². The normalized spacial score (nSPS) is 16.2. The molecular formula is C33H32Cl2N2O7S2. The third-order valence-corrected chi connectivity index (χ3v) is 9.31. The highest BCUT2D eigenvalue weighted by atomic mass is 35.5. The fraction of sp³-hybridized carbons (Fsp3) is 0.303. The zero-order valence-corrected chi connectivity index (χ0v) is 28.1. The molecule has 0 atom stereocenters. The number of carboxylic acid groups (broad SMARTS) is 1. The van der Waals surface area contributed by atoms with E-state index in [2.05, 4.69) is 4.90 Å². The first-order chi connectivity index (χ1) is 22.2. The lowest BCUT2D eigenvalue weighted by Gasteiger charge is -2.26. The number of amides is 1. The van der Waals surface area contributed by atoms with Gasteiger partial charge in [0.25, 0.3) is 5.91 Å². The van der Waals surface area contributed by atoms with Crippen LogP contribution in [0.5, 0.6) is 17.2 Å². The first kappa shape index (κ1) is 34.0. The van der Waals surface area contributed by atoms with Crippen molar-refractivity contribution < 1.29 is 33.6 Å². The molecule has 1 N–H and O–H groups in total. The van der Waals surface area contributed by atoms with Crippen molar-refractivity contribution in [2.75, 3.05) is 59.7 Å². The first-order valence-electron chi connectivity index (χ1n) is 14.6. The highest BCUT2D eigenvalue weighted by Gasteiger charge is 2.32. The van der Waals surface area contributed by atoms with Crippen LogP contribution in [0.3, 0.4) is 0 Å². The molecule has 2 fully saturated rings. The average molecular weight is 704 g/mol. The number of carbonyl (C=O) groups excluding carboxylic acids is 1. The molecule has 0 unspecified atom stereocenters. The number of methoxy groups -OCH3 is 1. The number of carboxylic acids is 1. The molecule has 9 nitrogen and oxygen atoms in total. The number of thiocarbonyl (C=S) groups is 1. The molecule has 0 aliphatic carbocycles. The summed E-state index contributed by atoms with van der Waals surface area (Å²) in [6.07, 6.45) is 2.29. The number of aromatic carboxylic acids is 1. The number of hydrogen-bond acceptors (Lipinski definition) is 9. The zero-order valence-electron chi connectivity index (χ0n) is 25.0. The molecule has 0 bridgehead atoms. The number of nitrogens with zero attached hydrogens (tertiary/aromatic N) is 2. The molecule has 3 aromatic rings. The van der Waals surface area contributed by atoms with Crippen molar-refractivity contribution >= 4 is 69.5 Å². The number of rotatable bonds is 13. The van der Waals surface area contributed by atoms with Crippen LogP contribution in [0.15, 0.2) is 59.5 Å². The summed E-state index contributed by atoms with van der Waals surface area (Å²) in [4.78, 5) is 29.1. The molecule has 2 saturated heterocycles. The average Bonchev–Trinajstić information content (AvgIpc) is 3.32. The van der Waals surface area contributed by atoms with Gasteiger partial charge in [-0.25, -0.2) is 4.79 Å². The van der Waals surface area contributed by atoms with Crippen molar-refractivity contribution in [2.24, 2.45) is 0 Å². The zero-order chi connectivity index (χ0) is 32.6. The summed E-state index contributed by atoms with van der Waals surface area (Å²) in [6.45, 7) is 4.99. The third kappa shape index (κ3) is 8.52. The Hall–Kier alpha value is -3.32. The van der Waals surface area contributed by atoms with E-state index >= 15 is 0 Å². The first-order valence-corrected chi connectivity index (χ1v) is 16.5. The van der Waals surface area contributed by atoms with Crippen LogP contribution in [0.2, 0.25) is 10.0 Å². The molecule has 2 heterocycles. The Morgan fingerprint density at radius 2 is 1.76 bits per heavy atom. The smallest absolute Gasteiger partial charge is 0.335 e. The lowest BCUT2D eigenvalue weighted by Crippen LogP contribution is -2.38. The molecule has 1 amide bonds. The molecule has 5 rings (SSSR count). The minimum atomic E-state index is -1.06. The summed E-state index contributed by atoms with van der Waals surface area (Å²) in [5.74, 6) is 0.107. The van der Waals surface area contributed by atoms with Gasteiger partial charge in [0.15, 0.2) is 11.5 Å². The van der Waals surface area contributed by atoms with Crippen molar-refractivity contribution in [2.45, 2.75) is 6.42 Å². The lowest BCUT2D eigenvalue weighted by molar-refractivity contribution is -0.122. The van der Waals surface area contributed by atoms with Gasteiger partial charge in [-0.3, -0.25) is 14.6 Å². The van der Waals surface area contributed by atoms with Crippen molar-refractivity contribution in [3.8, 4) is 28.4 Å². The van der Waals surface area contributed by atoms with Gasteiger partial charge in [-0.1, -0.05) is 53.2 Å². The fourth-order valence-electron chi connectivity index (χ4n) is 4.95. The topological polar surface area (TPSA) is 97.8 Å². The molecule has 0 aromatic heterocycles. The Bertz CT molecular complexity index is 1650. The van der Waals surface area contributed by atoms with Crippen LogP contribution in [0.1, 0.15) is 22.3 Å². The largest absolute Gasteiger partial charge is 0.493 e. The van der Waals surface area contributed by atoms with Gasteiger partial charge >= 0.3 is 5.97 Å². The van der Waals surface area contributed by atoms with Gasteiger partial charge in [-0.05, 0) is 66.6 Å². The molecule has 0 spiro atoms. The number of benzene rings is 3. The summed E-state index contributed by atoms with van der Waals surface area (Å²) in [7, 11) is 1.44. The number of morpholine rings is 1. The maximum absolute atomic E-state index is 13.5. The Kier molecular flexibility index (Phi) is 11.8. The van der Waals surface area contributed by atoms with Crippen LogP contribution < -0.4 is 14.2 Å². The maximum Gasteiger partial charge on any atom is 0.335 e. The number of hydrogen-bond donors (Lipinski definition) is 1. The van der Waals surface area contributed by atoms with Crippen molar-refractivity contribution in [1.29, 1.82) is 0 Å². The molecule has 3 aromatic carbocycles. The quantitative estimate of drug-likeness (QED) is 0.117. The van der Waals surface area contributed by atoms with E-state index in [0.717, 1.165) is 36.3 Å². The predicted octanol–water partition coefficient (Wildman–Crippen LogP) is 6.75. The molecule has 0 saturated carbocycles. The maximum atomic E-state index is 13.5. The second-order valence-electron chi connectivity index (χ2n) is 10.4. The van der Waals surface area contributed by atoms with E-state index in [4.69, 9.17) is 54.4 Å². The Morgan fingerprint density at radius 1 is 1.00 bits per heavy atom. The van der Waals surface area contributed by atoms with Crippen molar-refractivity contribution in [3.05, 3.63) is 80.7 Å². The Balaban J connectivity index is 1.29. The van der Waals surface area contributed by atoms with Gasteiger partial charge in [0, 0.05) is 47.4 Å². The van der Waals surface area contributed by atoms with Crippen molar-refractivity contribution in [1.82, 2.24) is 9.80 Å². The third-order valence-electron chi connectivity index (χ3n) is 7.37. The van der Waals surface area contributed by atoms with E-state index in [1.54, 1.807) is 35.2 Å². The van der Waals surface area contributed by atoms with E-state index in [-0.39, 0.29) is 18.1 Å². The van der Waals surface area contributed by atoms with Crippen LogP contribution in [0.4, 0.5) is 0 Å².